The SMILES string of the molecule is CC(C)(C)c1ccc2c(c1)c1cc(C(C)(C)C)ccc1n2-c1ccc(N(c2ccccc2)c2cc(N(c3ccccc3)c3ccc(-n4c5ccc(C(C)(C)C)cc5c5cc(C(C)(C)C)ccc54)c4ccccc34)cc(N(c3ccccc3)c3ccc(-n4c5ccc(C(C)(C)C)cc5c5cc(C(C)(C)C)ccc54)c4ccccc34)c2)c2ccccc12. The summed E-state index contributed by atoms with van der Waals surface area (Å²) < 4.78 is 7.59. The minimum Gasteiger partial charge on any atom is -0.310 e. The fourth-order valence-electron chi connectivity index (χ4n) is 18.6. The van der Waals surface area contributed by atoms with E-state index in [9.17, 15) is 0 Å². The highest BCUT2D eigenvalue weighted by atomic mass is 15.2. The van der Waals surface area contributed by atoms with Crippen LogP contribution >= 0.6 is 0 Å². The minimum atomic E-state index is -0.0462. The van der Waals surface area contributed by atoms with Gasteiger partial charge < -0.3 is 28.4 Å². The molecular formula is C114H108N6. The summed E-state index contributed by atoms with van der Waals surface area (Å²) in [4.78, 5) is 7.55. The smallest absolute Gasteiger partial charge is 0.0542 e. The second kappa shape index (κ2) is 28.4. The average molecular weight is 1560 g/mol. The highest BCUT2D eigenvalue weighted by Gasteiger charge is 2.31. The number of hydrogen-bond acceptors (Lipinski definition) is 3. The Morgan fingerprint density at radius 3 is 0.533 bits per heavy atom. The summed E-state index contributed by atoms with van der Waals surface area (Å²) in [6.07, 6.45) is 0. The van der Waals surface area contributed by atoms with Crippen molar-refractivity contribution in [3.05, 3.63) is 361 Å². The molecule has 6 nitrogen and oxygen atoms in total. The zero-order chi connectivity index (χ0) is 83.4. The summed E-state index contributed by atoms with van der Waals surface area (Å²) in [6.45, 7) is 41.8. The maximum atomic E-state index is 2.53. The van der Waals surface area contributed by atoms with Crippen molar-refractivity contribution in [3.8, 4) is 17.1 Å². The molecule has 6 heteroatoms. The van der Waals surface area contributed by atoms with Gasteiger partial charge in [0.1, 0.15) is 0 Å². The number of aromatic nitrogens is 3. The van der Waals surface area contributed by atoms with E-state index in [0.29, 0.717) is 0 Å². The number of hydrogen-bond donors (Lipinski definition) is 0. The van der Waals surface area contributed by atoms with E-state index in [1.165, 1.54) is 98.8 Å². The molecule has 594 valence electrons. The van der Waals surface area contributed by atoms with Gasteiger partial charge in [0.25, 0.3) is 0 Å². The van der Waals surface area contributed by atoms with Crippen LogP contribution in [0, 0.1) is 0 Å². The van der Waals surface area contributed by atoms with Crippen molar-refractivity contribution >= 4 is 149 Å². The number of nitrogens with zero attached hydrogens (tertiary/aromatic N) is 6. The first kappa shape index (κ1) is 77.0. The first-order valence-electron chi connectivity index (χ1n) is 42.9. The van der Waals surface area contributed by atoms with Crippen molar-refractivity contribution in [2.75, 3.05) is 14.7 Å². The first-order valence-corrected chi connectivity index (χ1v) is 42.9. The third-order valence-corrected chi connectivity index (χ3v) is 25.3. The standard InChI is InChI=1S/C114H108N6/c1-109(2,3)73-46-52-103-91(64-73)92-65-74(110(4,5)6)47-53-104(92)118(103)100-61-58-97(85-40-28-31-43-88(85)100)115(79-34-22-19-23-35-79)82-70-83(116(80-36-24-20-25-37-80)98-59-62-101(89-44-32-29-41-86(89)98)119-105-54-48-75(111(7,8)9)66-93(105)94-67-76(112(10,11)12)49-55-106(94)119)72-84(71-82)117(81-38-26-21-27-39-81)99-60-63-102(90-45-33-30-42-87(90)99)120-107-56-50-77(113(13,14)15)68-95(107)96-69-78(114(16,17)18)51-57-108(96)120/h19-72H,1-18H3. The van der Waals surface area contributed by atoms with Crippen LogP contribution < -0.4 is 14.7 Å². The lowest BCUT2D eigenvalue weighted by Crippen LogP contribution is -2.17. The summed E-state index contributed by atoms with van der Waals surface area (Å²) in [5, 5.41) is 14.3. The van der Waals surface area contributed by atoms with E-state index in [4.69, 9.17) is 0 Å². The molecule has 0 N–H and O–H groups in total. The van der Waals surface area contributed by atoms with Crippen molar-refractivity contribution in [2.45, 2.75) is 157 Å². The van der Waals surface area contributed by atoms with Crippen LogP contribution in [0.25, 0.3) is 115 Å². The minimum absolute atomic E-state index is 0.0462. The lowest BCUT2D eigenvalue weighted by molar-refractivity contribution is 0.590. The molecule has 0 fully saturated rings. The molecule has 3 heterocycles. The van der Waals surface area contributed by atoms with E-state index in [1.54, 1.807) is 0 Å². The zero-order valence-corrected chi connectivity index (χ0v) is 72.9. The maximum Gasteiger partial charge on any atom is 0.0542 e. The fourth-order valence-corrected chi connectivity index (χ4v) is 18.6. The molecule has 0 unspecified atom stereocenters. The van der Waals surface area contributed by atoms with Crippen molar-refractivity contribution in [1.82, 2.24) is 13.7 Å². The Kier molecular flexibility index (Phi) is 18.2. The van der Waals surface area contributed by atoms with E-state index in [0.717, 1.165) is 101 Å². The monoisotopic (exact) mass is 1560 g/mol. The van der Waals surface area contributed by atoms with Crippen LogP contribution in [0.3, 0.4) is 0 Å². The second-order valence-electron chi connectivity index (χ2n) is 39.6. The van der Waals surface area contributed by atoms with Crippen LogP contribution in [-0.2, 0) is 32.5 Å². The average Bonchev–Trinajstić information content (AvgIpc) is 1.59. The van der Waals surface area contributed by atoms with Gasteiger partial charge in [-0.2, -0.15) is 0 Å². The number of anilines is 9. The Balaban J connectivity index is 0.885. The molecule has 16 aromatic carbocycles. The lowest BCUT2D eigenvalue weighted by atomic mass is 9.85. The molecule has 0 radical (unpaired) electrons. The lowest BCUT2D eigenvalue weighted by Gasteiger charge is -2.34. The Morgan fingerprint density at radius 2 is 0.342 bits per heavy atom. The van der Waals surface area contributed by atoms with Gasteiger partial charge >= 0.3 is 0 Å². The molecule has 0 spiro atoms. The van der Waals surface area contributed by atoms with Crippen molar-refractivity contribution < 1.29 is 0 Å². The topological polar surface area (TPSA) is 24.5 Å². The number of benzene rings is 16. The van der Waals surface area contributed by atoms with E-state index >= 15 is 0 Å². The second-order valence-corrected chi connectivity index (χ2v) is 39.6. The van der Waals surface area contributed by atoms with Crippen LogP contribution in [-0.4, -0.2) is 13.7 Å². The van der Waals surface area contributed by atoms with Crippen molar-refractivity contribution in [2.24, 2.45) is 0 Å². The largest absolute Gasteiger partial charge is 0.310 e. The van der Waals surface area contributed by atoms with Gasteiger partial charge in [0.2, 0.25) is 0 Å². The fraction of sp³-hybridized carbons (Fsp3) is 0.211. The van der Waals surface area contributed by atoms with Gasteiger partial charge in [-0.15, -0.1) is 0 Å². The number of para-hydroxylation sites is 3. The van der Waals surface area contributed by atoms with Crippen LogP contribution in [0.2, 0.25) is 0 Å². The van der Waals surface area contributed by atoms with Gasteiger partial charge in [-0.05, 0) is 230 Å². The predicted molar refractivity (Wildman–Crippen MR) is 518 cm³/mol. The van der Waals surface area contributed by atoms with Gasteiger partial charge in [-0.3, -0.25) is 0 Å². The molecule has 0 aliphatic heterocycles. The van der Waals surface area contributed by atoms with E-state index < -0.39 is 0 Å². The van der Waals surface area contributed by atoms with Gasteiger partial charge in [0.15, 0.2) is 0 Å². The van der Waals surface area contributed by atoms with Gasteiger partial charge in [0.05, 0.1) is 84.3 Å². The summed E-state index contributed by atoms with van der Waals surface area (Å²) in [5.74, 6) is 0. The van der Waals surface area contributed by atoms with E-state index in [-0.39, 0.29) is 32.5 Å². The molecule has 0 aliphatic carbocycles. The molecule has 0 amide bonds. The third-order valence-electron chi connectivity index (χ3n) is 25.3. The number of rotatable bonds is 12. The zero-order valence-electron chi connectivity index (χ0n) is 72.9. The molecule has 0 saturated heterocycles. The molecule has 19 rings (SSSR count). The number of fused-ring (bicyclic) bond motifs is 12. The Bertz CT molecular complexity index is 6350. The molecule has 19 aromatic rings. The molecule has 120 heavy (non-hydrogen) atoms. The van der Waals surface area contributed by atoms with E-state index in [1.807, 2.05) is 0 Å². The van der Waals surface area contributed by atoms with E-state index in [2.05, 4.69) is 481 Å². The predicted octanol–water partition coefficient (Wildman–Crippen LogP) is 32.6. The first-order chi connectivity index (χ1) is 57.3. The Morgan fingerprint density at radius 1 is 0.158 bits per heavy atom. The maximum absolute atomic E-state index is 2.53. The highest BCUT2D eigenvalue weighted by Crippen LogP contribution is 2.53. The summed E-state index contributed by atoms with van der Waals surface area (Å²) in [7, 11) is 0. The quantitative estimate of drug-likeness (QED) is 0.122. The van der Waals surface area contributed by atoms with Gasteiger partial charge in [-0.25, -0.2) is 0 Å². The normalized spacial score (nSPS) is 12.8. The Labute approximate surface area is 707 Å². The van der Waals surface area contributed by atoms with Gasteiger partial charge in [-0.1, -0.05) is 288 Å². The molecule has 0 aliphatic rings. The van der Waals surface area contributed by atoms with Crippen LogP contribution in [0.15, 0.2) is 328 Å². The Hall–Kier alpha value is -12.9. The molecular weight excluding hydrogens is 1450 g/mol. The van der Waals surface area contributed by atoms with Crippen molar-refractivity contribution in [1.29, 1.82) is 0 Å². The summed E-state index contributed by atoms with van der Waals surface area (Å²) in [6, 6.07) is 125. The molecule has 0 saturated carbocycles. The molecule has 0 bridgehead atoms. The molecule has 3 aromatic heterocycles. The summed E-state index contributed by atoms with van der Waals surface area (Å²) in [5.41, 5.74) is 27.2. The third kappa shape index (κ3) is 13.3. The van der Waals surface area contributed by atoms with Crippen LogP contribution in [0.1, 0.15) is 158 Å². The highest BCUT2D eigenvalue weighted by molar-refractivity contribution is 6.17. The van der Waals surface area contributed by atoms with Gasteiger partial charge in [0, 0.05) is 81.7 Å². The van der Waals surface area contributed by atoms with Crippen LogP contribution in [0.5, 0.6) is 0 Å². The van der Waals surface area contributed by atoms with Crippen molar-refractivity contribution in [3.63, 3.8) is 0 Å². The molecule has 0 atom stereocenters. The van der Waals surface area contributed by atoms with Crippen LogP contribution in [0.4, 0.5) is 51.2 Å². The summed E-state index contributed by atoms with van der Waals surface area (Å²) >= 11 is 0.